The van der Waals surface area contributed by atoms with Crippen molar-refractivity contribution in [2.75, 3.05) is 114 Å². The molecule has 7 rings (SSSR count). The summed E-state index contributed by atoms with van der Waals surface area (Å²) in [4.78, 5) is 12.7. The van der Waals surface area contributed by atoms with Gasteiger partial charge in [-0.2, -0.15) is 0 Å². The molecule has 6 aromatic carbocycles. The van der Waals surface area contributed by atoms with Gasteiger partial charge in [0.1, 0.15) is 5.75 Å². The van der Waals surface area contributed by atoms with Gasteiger partial charge < -0.3 is 44.7 Å². The molecule has 0 bridgehead atoms. The predicted octanol–water partition coefficient (Wildman–Crippen LogP) is 7.00. The second kappa shape index (κ2) is 13.1. The van der Waals surface area contributed by atoms with Gasteiger partial charge in [-0.05, 0) is 57.6 Å². The van der Waals surface area contributed by atoms with Crippen molar-refractivity contribution < 1.29 is 15.3 Å². The minimum atomic E-state index is -0.949. The molecule has 3 N–H and O–H groups in total. The van der Waals surface area contributed by atoms with E-state index in [1.807, 2.05) is 54.4 Å². The molecule has 0 amide bonds. The molecule has 1 saturated carbocycles. The van der Waals surface area contributed by atoms with Crippen molar-refractivity contribution in [3.63, 3.8) is 0 Å². The van der Waals surface area contributed by atoms with Gasteiger partial charge in [0, 0.05) is 146 Å². The number of aromatic hydroxyl groups is 1. The molecule has 0 saturated heterocycles. The van der Waals surface area contributed by atoms with Crippen molar-refractivity contribution in [3.05, 3.63) is 77.9 Å². The van der Waals surface area contributed by atoms with Crippen molar-refractivity contribution in [3.8, 4) is 5.75 Å². The highest BCUT2D eigenvalue weighted by atomic mass is 16.3. The molecule has 1 aliphatic rings. The Morgan fingerprint density at radius 1 is 0.377 bits per heavy atom. The Hall–Kier alpha value is -5.12. The first kappa shape index (κ1) is 36.2. The molecule has 0 heterocycles. The van der Waals surface area contributed by atoms with E-state index in [1.165, 1.54) is 0 Å². The topological polar surface area (TPSA) is 80.1 Å². The smallest absolute Gasteiger partial charge is 0.123 e. The molecule has 2 unspecified atom stereocenters. The van der Waals surface area contributed by atoms with Gasteiger partial charge in [-0.3, -0.25) is 0 Å². The van der Waals surface area contributed by atoms with E-state index in [9.17, 15) is 15.3 Å². The highest BCUT2D eigenvalue weighted by Crippen LogP contribution is 2.59. The average Bonchev–Trinajstić information content (AvgIpc) is 3.10. The summed E-state index contributed by atoms with van der Waals surface area (Å²) in [5.41, 5.74) is 7.88. The maximum absolute atomic E-state index is 12.7. The molecule has 6 aromatic rings. The van der Waals surface area contributed by atoms with Gasteiger partial charge in [0.2, 0.25) is 0 Å². The lowest BCUT2D eigenvalue weighted by atomic mass is 9.60. The zero-order valence-corrected chi connectivity index (χ0v) is 33.2. The van der Waals surface area contributed by atoms with Crippen LogP contribution in [0.15, 0.2) is 66.7 Å². The third kappa shape index (κ3) is 5.27. The van der Waals surface area contributed by atoms with Crippen LogP contribution in [-0.2, 0) is 0 Å². The fourth-order valence-corrected chi connectivity index (χ4v) is 9.14. The number of hydrogen-bond donors (Lipinski definition) is 3. The summed E-state index contributed by atoms with van der Waals surface area (Å²) in [5.74, 6) is -1.14. The molecular formula is C44H54N6O3. The Morgan fingerprint density at radius 2 is 0.717 bits per heavy atom. The number of benzene rings is 6. The zero-order valence-electron chi connectivity index (χ0n) is 33.2. The number of aliphatic hydroxyl groups is 2. The van der Waals surface area contributed by atoms with Crippen LogP contribution in [0, 0.1) is 0 Å². The predicted molar refractivity (Wildman–Crippen MR) is 228 cm³/mol. The van der Waals surface area contributed by atoms with Crippen LogP contribution in [0.25, 0.3) is 43.1 Å². The lowest BCUT2D eigenvalue weighted by Crippen LogP contribution is -2.52. The van der Waals surface area contributed by atoms with Crippen molar-refractivity contribution in [1.29, 1.82) is 0 Å². The highest BCUT2D eigenvalue weighted by Gasteiger charge is 2.53. The van der Waals surface area contributed by atoms with Gasteiger partial charge >= 0.3 is 0 Å². The summed E-state index contributed by atoms with van der Waals surface area (Å²) in [6.45, 7) is 0. The number of aliphatic hydroxyl groups excluding tert-OH is 2. The quantitative estimate of drug-likeness (QED) is 0.145. The summed E-state index contributed by atoms with van der Waals surface area (Å²) >= 11 is 0. The van der Waals surface area contributed by atoms with Crippen LogP contribution in [0.5, 0.6) is 5.75 Å². The van der Waals surface area contributed by atoms with Crippen molar-refractivity contribution in [1.82, 2.24) is 0 Å². The van der Waals surface area contributed by atoms with Crippen LogP contribution < -0.4 is 29.4 Å². The van der Waals surface area contributed by atoms with E-state index in [4.69, 9.17) is 0 Å². The van der Waals surface area contributed by atoms with E-state index in [1.54, 1.807) is 6.07 Å². The van der Waals surface area contributed by atoms with Crippen molar-refractivity contribution >= 4 is 77.2 Å². The third-order valence-electron chi connectivity index (χ3n) is 11.3. The number of rotatable bonds is 8. The van der Waals surface area contributed by atoms with Crippen molar-refractivity contribution in [2.45, 2.75) is 24.0 Å². The fourth-order valence-electron chi connectivity index (χ4n) is 9.14. The molecule has 1 aliphatic carbocycles. The number of fused-ring (bicyclic) bond motifs is 4. The van der Waals surface area contributed by atoms with Gasteiger partial charge in [0.05, 0.1) is 23.6 Å². The first-order valence-electron chi connectivity index (χ1n) is 18.3. The SMILES string of the molecule is CN(C)c1cccc2c(C3C(O)C(c4c5cccc(N(C)C)c5c(N(C)C)c5c(N(C)C)ccc(O)c45)C3O)c3cccc(N(C)C)c3c(N(C)C)c12. The number of phenolic OH excluding ortho intramolecular Hbond substituents is 1. The third-order valence-corrected chi connectivity index (χ3v) is 11.3. The summed E-state index contributed by atoms with van der Waals surface area (Å²) < 4.78 is 0. The molecule has 0 aromatic heterocycles. The molecule has 278 valence electrons. The monoisotopic (exact) mass is 714 g/mol. The Kier molecular flexibility index (Phi) is 8.94. The molecule has 2 atom stereocenters. The van der Waals surface area contributed by atoms with E-state index in [0.717, 1.165) is 83.0 Å². The average molecular weight is 715 g/mol. The molecular weight excluding hydrogens is 661 g/mol. The second-order valence-corrected chi connectivity index (χ2v) is 15.9. The minimum Gasteiger partial charge on any atom is -0.507 e. The summed E-state index contributed by atoms with van der Waals surface area (Å²) in [5, 5.41) is 45.0. The maximum Gasteiger partial charge on any atom is 0.123 e. The molecule has 53 heavy (non-hydrogen) atoms. The number of phenols is 1. The van der Waals surface area contributed by atoms with E-state index >= 15 is 0 Å². The van der Waals surface area contributed by atoms with Gasteiger partial charge in [0.25, 0.3) is 0 Å². The fraction of sp³-hybridized carbons (Fsp3) is 0.364. The summed E-state index contributed by atoms with van der Waals surface area (Å²) in [7, 11) is 24.6. The molecule has 0 spiro atoms. The summed E-state index contributed by atoms with van der Waals surface area (Å²) in [6.07, 6.45) is -1.90. The lowest BCUT2D eigenvalue weighted by Gasteiger charge is -2.49. The number of nitrogens with zero attached hydrogens (tertiary/aromatic N) is 6. The Morgan fingerprint density at radius 3 is 1.09 bits per heavy atom. The maximum atomic E-state index is 12.7. The van der Waals surface area contributed by atoms with E-state index < -0.39 is 24.0 Å². The highest BCUT2D eigenvalue weighted by molar-refractivity contribution is 6.24. The van der Waals surface area contributed by atoms with Gasteiger partial charge in [-0.25, -0.2) is 0 Å². The Bertz CT molecular complexity index is 2320. The first-order valence-corrected chi connectivity index (χ1v) is 18.3. The second-order valence-electron chi connectivity index (χ2n) is 15.9. The lowest BCUT2D eigenvalue weighted by molar-refractivity contribution is -0.0766. The van der Waals surface area contributed by atoms with Crippen LogP contribution in [0.4, 0.5) is 34.1 Å². The van der Waals surface area contributed by atoms with Gasteiger partial charge in [-0.15, -0.1) is 0 Å². The van der Waals surface area contributed by atoms with E-state index in [0.29, 0.717) is 5.39 Å². The first-order chi connectivity index (χ1) is 25.1. The Labute approximate surface area is 313 Å². The van der Waals surface area contributed by atoms with E-state index in [-0.39, 0.29) is 5.75 Å². The number of hydrogen-bond acceptors (Lipinski definition) is 9. The minimum absolute atomic E-state index is 0.126. The molecule has 0 radical (unpaired) electrons. The van der Waals surface area contributed by atoms with Crippen LogP contribution in [0.1, 0.15) is 23.0 Å². The van der Waals surface area contributed by atoms with E-state index in [2.05, 4.69) is 120 Å². The number of anilines is 6. The molecule has 9 nitrogen and oxygen atoms in total. The zero-order chi connectivity index (χ0) is 38.4. The summed E-state index contributed by atoms with van der Waals surface area (Å²) in [6, 6.07) is 22.6. The largest absolute Gasteiger partial charge is 0.507 e. The Balaban J connectivity index is 1.59. The molecule has 1 fully saturated rings. The standard InChI is InChI=1S/C44H54N6O3/c1-45(2)27-19-13-16-24-32(25-17-14-20-28(46(3)4)34(25)41(33(24)27)49(9)10)39-43(52)40(44(39)53)36-26-18-15-21-29(47(5)6)35(26)42(50(11)12)37-30(48(7)8)22-23-31(51)38(36)37/h13-23,39-40,43-44,51-53H,1-12H3. The molecule has 9 heteroatoms. The molecule has 0 aliphatic heterocycles. The normalized spacial score (nSPS) is 18.5. The van der Waals surface area contributed by atoms with Crippen LogP contribution in [0.3, 0.4) is 0 Å². The van der Waals surface area contributed by atoms with Gasteiger partial charge in [0.15, 0.2) is 0 Å². The van der Waals surface area contributed by atoms with Crippen LogP contribution in [0.2, 0.25) is 0 Å². The van der Waals surface area contributed by atoms with Crippen LogP contribution in [-0.4, -0.2) is 112 Å². The van der Waals surface area contributed by atoms with Gasteiger partial charge in [-0.1, -0.05) is 36.4 Å². The van der Waals surface area contributed by atoms with Crippen molar-refractivity contribution in [2.24, 2.45) is 0 Å². The van der Waals surface area contributed by atoms with Crippen LogP contribution >= 0.6 is 0 Å².